The summed E-state index contributed by atoms with van der Waals surface area (Å²) in [5.41, 5.74) is 2.66. The van der Waals surface area contributed by atoms with Crippen LogP contribution in [0.5, 0.6) is 0 Å². The summed E-state index contributed by atoms with van der Waals surface area (Å²) >= 11 is 0. The minimum atomic E-state index is -1.10. The number of hydrogen-bond donors (Lipinski definition) is 4. The Labute approximate surface area is 233 Å². The Kier molecular flexibility index (Phi) is 8.28. The van der Waals surface area contributed by atoms with E-state index >= 15 is 0 Å². The quantitative estimate of drug-likeness (QED) is 0.253. The molecule has 0 unspecified atom stereocenters. The third kappa shape index (κ3) is 6.96. The number of nitrogens with two attached hydrogens (primary N) is 1. The van der Waals surface area contributed by atoms with E-state index in [1.54, 1.807) is 43.7 Å². The molecule has 1 aliphatic heterocycles. The number of rotatable bonds is 9. The summed E-state index contributed by atoms with van der Waals surface area (Å²) in [7, 11) is 0. The third-order valence-electron chi connectivity index (χ3n) is 6.77. The molecule has 0 saturated carbocycles. The zero-order chi connectivity index (χ0) is 28.0. The lowest BCUT2D eigenvalue weighted by atomic mass is 10.1. The molecule has 0 aliphatic carbocycles. The highest BCUT2D eigenvalue weighted by Crippen LogP contribution is 2.24. The zero-order valence-corrected chi connectivity index (χ0v) is 22.8. The highest BCUT2D eigenvalue weighted by molar-refractivity contribution is 5.97. The smallest absolute Gasteiger partial charge is 0.261 e. The molecule has 1 amide bonds. The van der Waals surface area contributed by atoms with Crippen molar-refractivity contribution in [1.29, 1.82) is 0 Å². The summed E-state index contributed by atoms with van der Waals surface area (Å²) in [4.78, 5) is 33.4. The third-order valence-corrected chi connectivity index (χ3v) is 6.77. The molecule has 10 heteroatoms. The Morgan fingerprint density at radius 2 is 1.80 bits per heavy atom. The fourth-order valence-electron chi connectivity index (χ4n) is 4.57. The first kappa shape index (κ1) is 27.2. The fraction of sp³-hybridized carbons (Fsp3) is 0.300. The zero-order valence-electron chi connectivity index (χ0n) is 22.8. The van der Waals surface area contributed by atoms with Crippen LogP contribution < -0.4 is 20.9 Å². The van der Waals surface area contributed by atoms with Crippen LogP contribution >= 0.6 is 0 Å². The molecule has 40 heavy (non-hydrogen) atoms. The monoisotopic (exact) mass is 539 g/mol. The van der Waals surface area contributed by atoms with Gasteiger partial charge >= 0.3 is 0 Å². The number of carbonyl (C=O) groups is 1. The van der Waals surface area contributed by atoms with Gasteiger partial charge in [-0.1, -0.05) is 12.1 Å². The van der Waals surface area contributed by atoms with Crippen LogP contribution in [0.15, 0.2) is 73.2 Å². The fourth-order valence-corrected chi connectivity index (χ4v) is 4.57. The largest absolute Gasteiger partial charge is 0.384 e. The number of benzene rings is 1. The molecule has 0 radical (unpaired) electrons. The van der Waals surface area contributed by atoms with E-state index in [1.165, 1.54) is 31.1 Å². The summed E-state index contributed by atoms with van der Waals surface area (Å²) in [6, 6.07) is 17.3. The minimum Gasteiger partial charge on any atom is -0.384 e. The average Bonchev–Trinajstić information content (AvgIpc) is 2.97. The number of nitrogens with one attached hydrogen (secondary N) is 2. The van der Waals surface area contributed by atoms with E-state index < -0.39 is 5.60 Å². The van der Waals surface area contributed by atoms with Gasteiger partial charge in [0.15, 0.2) is 0 Å². The van der Waals surface area contributed by atoms with Crippen LogP contribution in [-0.2, 0) is 12.1 Å². The highest BCUT2D eigenvalue weighted by atomic mass is 16.3. The van der Waals surface area contributed by atoms with Gasteiger partial charge in [0.2, 0.25) is 17.6 Å². The molecular formula is C30H35N8O2+. The Bertz CT molecular complexity index is 1430. The molecule has 4 aromatic rings. The average molecular weight is 540 g/mol. The number of nitrogens with zero attached hydrogens (tertiary/aromatic N) is 5. The standard InChI is InChI=1S/C30H34N8O2/c1-30(2,40)25-9-6-10-26(35-25)36-27-24(28(39)32-19-21-8-7-15-31-18-21)20-33-29(37-27)34-22-11-13-23(14-12-22)38-16-4-3-5-17-38/h6-15,18,20,40H,3-5,16-17,19H2,1-2H3,(H,32,39)(H2,33,34,35,36,37)/p+1. The molecule has 206 valence electrons. The molecule has 1 aliphatic rings. The maximum Gasteiger partial charge on any atom is 0.261 e. The lowest BCUT2D eigenvalue weighted by Gasteiger charge is -2.28. The van der Waals surface area contributed by atoms with Crippen molar-refractivity contribution in [3.05, 3.63) is 90.0 Å². The number of aliphatic hydroxyl groups is 1. The van der Waals surface area contributed by atoms with Crippen LogP contribution in [0, 0.1) is 0 Å². The first-order valence-electron chi connectivity index (χ1n) is 13.6. The van der Waals surface area contributed by atoms with Gasteiger partial charge in [0.25, 0.3) is 5.91 Å². The van der Waals surface area contributed by atoms with E-state index in [2.05, 4.69) is 47.6 Å². The topological polar surface area (TPSA) is 133 Å². The molecule has 1 saturated heterocycles. The van der Waals surface area contributed by atoms with Crippen LogP contribution in [0.3, 0.4) is 0 Å². The predicted octanol–water partition coefficient (Wildman–Crippen LogP) is 3.68. The minimum absolute atomic E-state index is 0.311. The first-order valence-corrected chi connectivity index (χ1v) is 13.6. The highest BCUT2D eigenvalue weighted by Gasteiger charge is 2.22. The van der Waals surface area contributed by atoms with Gasteiger partial charge in [-0.25, -0.2) is 10.3 Å². The molecule has 3 aromatic heterocycles. The second kappa shape index (κ2) is 12.2. The second-order valence-corrected chi connectivity index (χ2v) is 10.4. The van der Waals surface area contributed by atoms with Crippen molar-refractivity contribution in [2.45, 2.75) is 45.3 Å². The number of carbonyl (C=O) groups excluding carboxylic acids is 1. The Hall–Kier alpha value is -4.41. The molecule has 4 heterocycles. The molecule has 0 atom stereocenters. The number of piperidine rings is 1. The van der Waals surface area contributed by atoms with Crippen LogP contribution in [0.1, 0.15) is 54.7 Å². The Balaban J connectivity index is 1.38. The van der Waals surface area contributed by atoms with E-state index in [1.807, 2.05) is 30.3 Å². The van der Waals surface area contributed by atoms with Crippen molar-refractivity contribution in [3.63, 3.8) is 0 Å². The van der Waals surface area contributed by atoms with Gasteiger partial charge in [-0.15, -0.1) is 0 Å². The lowest BCUT2D eigenvalue weighted by molar-refractivity contribution is -0.487. The van der Waals surface area contributed by atoms with Crippen molar-refractivity contribution in [3.8, 4) is 0 Å². The Morgan fingerprint density at radius 1 is 1.00 bits per heavy atom. The van der Waals surface area contributed by atoms with Crippen molar-refractivity contribution in [2.75, 3.05) is 23.3 Å². The Morgan fingerprint density at radius 3 is 2.52 bits per heavy atom. The summed E-state index contributed by atoms with van der Waals surface area (Å²) < 4.78 is 0. The van der Waals surface area contributed by atoms with Crippen LogP contribution in [0.2, 0.25) is 0 Å². The molecule has 1 fully saturated rings. The number of pyridine rings is 2. The van der Waals surface area contributed by atoms with Gasteiger partial charge in [0.05, 0.1) is 11.9 Å². The van der Waals surface area contributed by atoms with Crippen LogP contribution in [0.25, 0.3) is 0 Å². The van der Waals surface area contributed by atoms with E-state index in [4.69, 9.17) is 0 Å². The maximum atomic E-state index is 13.2. The van der Waals surface area contributed by atoms with Crippen molar-refractivity contribution >= 4 is 34.9 Å². The van der Waals surface area contributed by atoms with E-state index in [0.29, 0.717) is 35.4 Å². The predicted molar refractivity (Wildman–Crippen MR) is 154 cm³/mol. The molecule has 5 N–H and O–H groups in total. The van der Waals surface area contributed by atoms with Gasteiger partial charge in [-0.3, -0.25) is 9.78 Å². The molecule has 0 spiro atoms. The molecule has 1 aromatic carbocycles. The second-order valence-electron chi connectivity index (χ2n) is 10.4. The van der Waals surface area contributed by atoms with Crippen LogP contribution in [0.4, 0.5) is 29.0 Å². The number of amides is 1. The number of anilines is 3. The van der Waals surface area contributed by atoms with Gasteiger partial charge < -0.3 is 20.6 Å². The van der Waals surface area contributed by atoms with Crippen LogP contribution in [-0.4, -0.2) is 44.0 Å². The van der Waals surface area contributed by atoms with Gasteiger partial charge in [0, 0.05) is 49.5 Å². The van der Waals surface area contributed by atoms with Crippen molar-refractivity contribution in [1.82, 2.24) is 25.3 Å². The number of aromatic nitrogens is 4. The lowest BCUT2D eigenvalue weighted by Crippen LogP contribution is -2.73. The summed E-state index contributed by atoms with van der Waals surface area (Å²) in [5, 5.41) is 18.3. The SMILES string of the molecule is CC(C)(O)c1cccc([NH2+]c2nc(Nc3ccc(N4CCCCC4)cc3)ncc2C(=O)NCc2cccnc2)n1. The van der Waals surface area contributed by atoms with E-state index in [0.717, 1.165) is 24.3 Å². The van der Waals surface area contributed by atoms with Gasteiger partial charge in [-0.2, -0.15) is 9.97 Å². The molecule has 10 nitrogen and oxygen atoms in total. The summed E-state index contributed by atoms with van der Waals surface area (Å²) in [6.45, 7) is 5.85. The number of quaternary nitrogens is 1. The molecular weight excluding hydrogens is 504 g/mol. The van der Waals surface area contributed by atoms with Gasteiger partial charge in [-0.05, 0) is 75.1 Å². The first-order chi connectivity index (χ1) is 19.3. The van der Waals surface area contributed by atoms with E-state index in [9.17, 15) is 9.90 Å². The normalized spacial score (nSPS) is 13.6. The van der Waals surface area contributed by atoms with E-state index in [-0.39, 0.29) is 5.91 Å². The summed E-state index contributed by atoms with van der Waals surface area (Å²) in [6.07, 6.45) is 8.66. The van der Waals surface area contributed by atoms with Crippen molar-refractivity contribution < 1.29 is 15.2 Å². The maximum absolute atomic E-state index is 13.2. The molecule has 0 bridgehead atoms. The molecule has 5 rings (SSSR count). The van der Waals surface area contributed by atoms with Gasteiger partial charge in [0.1, 0.15) is 11.2 Å². The van der Waals surface area contributed by atoms with Crippen molar-refractivity contribution in [2.24, 2.45) is 0 Å². The summed E-state index contributed by atoms with van der Waals surface area (Å²) in [5.74, 6) is 1.02. The number of hydrogen-bond acceptors (Lipinski definition) is 8.